The summed E-state index contributed by atoms with van der Waals surface area (Å²) in [7, 11) is 0. The normalized spacial score (nSPS) is 20.9. The molecule has 0 fully saturated rings. The molecule has 0 amide bonds. The fourth-order valence-corrected chi connectivity index (χ4v) is 1.68. The molecule has 1 heterocycles. The Bertz CT molecular complexity index is 397. The van der Waals surface area contributed by atoms with E-state index in [9.17, 15) is 0 Å². The molecule has 1 aliphatic rings. The van der Waals surface area contributed by atoms with Crippen LogP contribution in [-0.4, -0.2) is 10.6 Å². The quantitative estimate of drug-likeness (QED) is 0.654. The molecule has 0 aromatic heterocycles. The van der Waals surface area contributed by atoms with Crippen LogP contribution in [0, 0.1) is 5.92 Å². The Kier molecular flexibility index (Phi) is 3.88. The third-order valence-electron chi connectivity index (χ3n) is 2.88. The minimum absolute atomic E-state index is 0.319. The predicted molar refractivity (Wildman–Crippen MR) is 71.0 cm³/mol. The van der Waals surface area contributed by atoms with Crippen LogP contribution in [0.15, 0.2) is 53.6 Å². The number of hydrogen-bond acceptors (Lipinski definition) is 2. The van der Waals surface area contributed by atoms with E-state index in [2.05, 4.69) is 45.0 Å². The molecule has 1 atom stereocenters. The van der Waals surface area contributed by atoms with Gasteiger partial charge in [-0.15, -0.1) is 6.58 Å². The molecule has 2 heteroatoms. The minimum Gasteiger partial charge on any atom is -0.306 e. The Hall–Kier alpha value is -1.57. The molecule has 0 radical (unpaired) electrons. The van der Waals surface area contributed by atoms with Gasteiger partial charge in [0.15, 0.2) is 0 Å². The number of aliphatic imine (C=N–C) groups is 1. The monoisotopic (exact) mass is 216 g/mol. The summed E-state index contributed by atoms with van der Waals surface area (Å²) in [4.78, 5) is 6.60. The SMILES string of the molecule is C=CC(C)/C(C)=C1\N=C(C)C=C(C)N1C=C. The van der Waals surface area contributed by atoms with E-state index in [4.69, 9.17) is 0 Å². The van der Waals surface area contributed by atoms with E-state index in [1.165, 1.54) is 5.57 Å². The van der Waals surface area contributed by atoms with Gasteiger partial charge in [-0.1, -0.05) is 19.6 Å². The van der Waals surface area contributed by atoms with Gasteiger partial charge in [-0.05, 0) is 38.3 Å². The highest BCUT2D eigenvalue weighted by Gasteiger charge is 2.17. The predicted octanol–water partition coefficient (Wildman–Crippen LogP) is 3.86. The van der Waals surface area contributed by atoms with Crippen LogP contribution in [0.3, 0.4) is 0 Å². The van der Waals surface area contributed by atoms with Crippen molar-refractivity contribution in [2.45, 2.75) is 27.7 Å². The fraction of sp³-hybridized carbons (Fsp3) is 0.357. The van der Waals surface area contributed by atoms with Crippen molar-refractivity contribution in [1.82, 2.24) is 4.90 Å². The first kappa shape index (κ1) is 12.5. The molecule has 0 N–H and O–H groups in total. The highest BCUT2D eigenvalue weighted by atomic mass is 15.2. The van der Waals surface area contributed by atoms with E-state index < -0.39 is 0 Å². The molecule has 16 heavy (non-hydrogen) atoms. The lowest BCUT2D eigenvalue weighted by Crippen LogP contribution is -2.20. The zero-order chi connectivity index (χ0) is 12.3. The third kappa shape index (κ3) is 2.32. The standard InChI is InChI=1S/C14H20N2/c1-7-10(3)13(6)14-15-11(4)9-12(5)16(14)8-2/h7-10H,1-2H2,3-6H3/b14-13+. The number of nitrogens with zero attached hydrogens (tertiary/aromatic N) is 2. The van der Waals surface area contributed by atoms with Crippen LogP contribution < -0.4 is 0 Å². The molecule has 1 rings (SSSR count). The van der Waals surface area contributed by atoms with Crippen molar-refractivity contribution in [1.29, 1.82) is 0 Å². The van der Waals surface area contributed by atoms with Crippen LogP contribution in [0.25, 0.3) is 0 Å². The van der Waals surface area contributed by atoms with Crippen LogP contribution in [0.4, 0.5) is 0 Å². The number of hydrogen-bond donors (Lipinski definition) is 0. The van der Waals surface area contributed by atoms with Crippen LogP contribution >= 0.6 is 0 Å². The average molecular weight is 216 g/mol. The molecule has 1 unspecified atom stereocenters. The average Bonchev–Trinajstić information content (AvgIpc) is 2.26. The van der Waals surface area contributed by atoms with Crippen LogP contribution in [0.5, 0.6) is 0 Å². The lowest BCUT2D eigenvalue weighted by atomic mass is 10.0. The number of allylic oxidation sites excluding steroid dienone is 4. The number of rotatable bonds is 3. The second-order valence-corrected chi connectivity index (χ2v) is 4.12. The van der Waals surface area contributed by atoms with E-state index in [1.807, 2.05) is 17.9 Å². The zero-order valence-electron chi connectivity index (χ0n) is 10.6. The largest absolute Gasteiger partial charge is 0.306 e. The molecule has 0 aromatic rings. The Labute approximate surface area is 98.4 Å². The summed E-state index contributed by atoms with van der Waals surface area (Å²) in [6.45, 7) is 15.9. The summed E-state index contributed by atoms with van der Waals surface area (Å²) in [5, 5.41) is 0. The molecule has 0 aromatic carbocycles. The summed E-state index contributed by atoms with van der Waals surface area (Å²) in [6, 6.07) is 0. The van der Waals surface area contributed by atoms with E-state index >= 15 is 0 Å². The second kappa shape index (κ2) is 4.97. The molecule has 0 spiro atoms. The van der Waals surface area contributed by atoms with Crippen LogP contribution in [-0.2, 0) is 0 Å². The Morgan fingerprint density at radius 3 is 2.56 bits per heavy atom. The fourth-order valence-electron chi connectivity index (χ4n) is 1.68. The van der Waals surface area contributed by atoms with Crippen LogP contribution in [0.1, 0.15) is 27.7 Å². The van der Waals surface area contributed by atoms with Gasteiger partial charge >= 0.3 is 0 Å². The smallest absolute Gasteiger partial charge is 0.136 e. The van der Waals surface area contributed by atoms with Crippen molar-refractivity contribution in [3.8, 4) is 0 Å². The minimum atomic E-state index is 0.319. The van der Waals surface area contributed by atoms with Crippen molar-refractivity contribution in [3.05, 3.63) is 48.6 Å². The Morgan fingerprint density at radius 2 is 2.06 bits per heavy atom. The lowest BCUT2D eigenvalue weighted by Gasteiger charge is -2.28. The van der Waals surface area contributed by atoms with Gasteiger partial charge in [-0.2, -0.15) is 0 Å². The zero-order valence-corrected chi connectivity index (χ0v) is 10.6. The molecule has 0 bridgehead atoms. The van der Waals surface area contributed by atoms with Crippen molar-refractivity contribution in [3.63, 3.8) is 0 Å². The first-order valence-electron chi connectivity index (χ1n) is 5.50. The van der Waals surface area contributed by atoms with E-state index in [0.717, 1.165) is 17.2 Å². The summed E-state index contributed by atoms with van der Waals surface area (Å²) < 4.78 is 0. The topological polar surface area (TPSA) is 15.6 Å². The summed E-state index contributed by atoms with van der Waals surface area (Å²) in [6.07, 6.45) is 5.79. The molecule has 0 aliphatic carbocycles. The van der Waals surface area contributed by atoms with Gasteiger partial charge in [0.05, 0.1) is 0 Å². The highest BCUT2D eigenvalue weighted by Crippen LogP contribution is 2.26. The molecular formula is C14H20N2. The van der Waals surface area contributed by atoms with Crippen molar-refractivity contribution in [2.75, 3.05) is 0 Å². The molecule has 0 saturated carbocycles. The molecule has 2 nitrogen and oxygen atoms in total. The lowest BCUT2D eigenvalue weighted by molar-refractivity contribution is 0.545. The summed E-state index contributed by atoms with van der Waals surface area (Å²) >= 11 is 0. The maximum Gasteiger partial charge on any atom is 0.136 e. The molecule has 1 aliphatic heterocycles. The van der Waals surface area contributed by atoms with Gasteiger partial charge in [0.25, 0.3) is 0 Å². The molecular weight excluding hydrogens is 196 g/mol. The highest BCUT2D eigenvalue weighted by molar-refractivity contribution is 5.95. The van der Waals surface area contributed by atoms with Crippen molar-refractivity contribution < 1.29 is 0 Å². The van der Waals surface area contributed by atoms with Gasteiger partial charge in [0.2, 0.25) is 0 Å². The van der Waals surface area contributed by atoms with Gasteiger partial charge in [-0.25, -0.2) is 4.99 Å². The third-order valence-corrected chi connectivity index (χ3v) is 2.88. The maximum absolute atomic E-state index is 4.58. The Morgan fingerprint density at radius 1 is 1.44 bits per heavy atom. The molecule has 86 valence electrons. The second-order valence-electron chi connectivity index (χ2n) is 4.12. The van der Waals surface area contributed by atoms with E-state index in [-0.39, 0.29) is 0 Å². The molecule has 0 saturated heterocycles. The van der Waals surface area contributed by atoms with Gasteiger partial charge in [0, 0.05) is 17.6 Å². The summed E-state index contributed by atoms with van der Waals surface area (Å²) in [5.74, 6) is 1.29. The summed E-state index contributed by atoms with van der Waals surface area (Å²) in [5.41, 5.74) is 3.39. The Balaban J connectivity index is 3.26. The van der Waals surface area contributed by atoms with Gasteiger partial charge in [-0.3, -0.25) is 0 Å². The van der Waals surface area contributed by atoms with Gasteiger partial charge in [0.1, 0.15) is 5.82 Å². The maximum atomic E-state index is 4.58. The van der Waals surface area contributed by atoms with Crippen molar-refractivity contribution >= 4 is 5.71 Å². The van der Waals surface area contributed by atoms with Crippen LogP contribution in [0.2, 0.25) is 0 Å². The first-order valence-corrected chi connectivity index (χ1v) is 5.50. The van der Waals surface area contributed by atoms with E-state index in [0.29, 0.717) is 5.92 Å². The first-order chi connectivity index (χ1) is 7.51. The van der Waals surface area contributed by atoms with Gasteiger partial charge < -0.3 is 4.90 Å². The van der Waals surface area contributed by atoms with E-state index in [1.54, 1.807) is 6.20 Å². The van der Waals surface area contributed by atoms with Crippen molar-refractivity contribution in [2.24, 2.45) is 10.9 Å².